The maximum atomic E-state index is 12.9. The molecule has 112 valence electrons. The van der Waals surface area contributed by atoms with Crippen molar-refractivity contribution in [3.63, 3.8) is 0 Å². The molecule has 1 aliphatic rings. The summed E-state index contributed by atoms with van der Waals surface area (Å²) < 4.78 is 0. The lowest BCUT2D eigenvalue weighted by atomic mass is 9.73. The van der Waals surface area contributed by atoms with E-state index in [0.717, 1.165) is 22.3 Å². The van der Waals surface area contributed by atoms with Crippen molar-refractivity contribution in [1.29, 1.82) is 0 Å². The van der Waals surface area contributed by atoms with Crippen LogP contribution in [0.3, 0.4) is 0 Å². The van der Waals surface area contributed by atoms with Gasteiger partial charge in [0.1, 0.15) is 0 Å². The Morgan fingerprint density at radius 3 is 2.32 bits per heavy atom. The molecule has 0 saturated carbocycles. The van der Waals surface area contributed by atoms with Gasteiger partial charge in [-0.15, -0.1) is 0 Å². The Balaban J connectivity index is 2.06. The molecule has 0 aliphatic heterocycles. The molecule has 0 aromatic heterocycles. The van der Waals surface area contributed by atoms with Crippen LogP contribution >= 0.6 is 15.9 Å². The van der Waals surface area contributed by atoms with Gasteiger partial charge in [-0.05, 0) is 18.1 Å². The normalized spacial score (nSPS) is 17.6. The first-order valence-corrected chi connectivity index (χ1v) is 8.39. The lowest BCUT2D eigenvalue weighted by molar-refractivity contribution is 0.102. The van der Waals surface area contributed by atoms with Crippen molar-refractivity contribution >= 4 is 21.7 Å². The second-order valence-electron chi connectivity index (χ2n) is 6.47. The number of rotatable bonds is 2. The molecule has 1 nitrogen and oxygen atoms in total. The zero-order chi connectivity index (χ0) is 15.9. The molecule has 1 atom stereocenters. The Morgan fingerprint density at radius 1 is 1.00 bits per heavy atom. The van der Waals surface area contributed by atoms with Crippen molar-refractivity contribution in [1.82, 2.24) is 0 Å². The Labute approximate surface area is 140 Å². The topological polar surface area (TPSA) is 17.1 Å². The maximum absolute atomic E-state index is 12.9. The van der Waals surface area contributed by atoms with Crippen LogP contribution in [0.15, 0.2) is 60.2 Å². The van der Waals surface area contributed by atoms with Crippen LogP contribution in [-0.2, 0) is 5.41 Å². The van der Waals surface area contributed by atoms with Crippen molar-refractivity contribution < 1.29 is 4.79 Å². The smallest absolute Gasteiger partial charge is 0.190 e. The highest BCUT2D eigenvalue weighted by Crippen LogP contribution is 2.42. The van der Waals surface area contributed by atoms with E-state index in [4.69, 9.17) is 0 Å². The second-order valence-corrected chi connectivity index (χ2v) is 7.38. The second kappa shape index (κ2) is 5.51. The van der Waals surface area contributed by atoms with Gasteiger partial charge < -0.3 is 0 Å². The quantitative estimate of drug-likeness (QED) is 0.647. The molecule has 1 aliphatic carbocycles. The van der Waals surface area contributed by atoms with Crippen LogP contribution in [0.4, 0.5) is 0 Å². The number of fused-ring (bicyclic) bond motifs is 1. The van der Waals surface area contributed by atoms with Crippen LogP contribution in [-0.4, -0.2) is 5.78 Å². The molecule has 3 rings (SSSR count). The van der Waals surface area contributed by atoms with Gasteiger partial charge in [0.25, 0.3) is 0 Å². The van der Waals surface area contributed by atoms with Gasteiger partial charge in [-0.25, -0.2) is 0 Å². The minimum Gasteiger partial charge on any atom is -0.289 e. The minimum absolute atomic E-state index is 0.0757. The average Bonchev–Trinajstić information content (AvgIpc) is 2.51. The Morgan fingerprint density at radius 2 is 1.64 bits per heavy atom. The van der Waals surface area contributed by atoms with Crippen molar-refractivity contribution in [3.05, 3.63) is 82.4 Å². The fourth-order valence-corrected chi connectivity index (χ4v) is 3.68. The van der Waals surface area contributed by atoms with E-state index >= 15 is 0 Å². The lowest BCUT2D eigenvalue weighted by Crippen LogP contribution is -2.27. The molecule has 0 fully saturated rings. The van der Waals surface area contributed by atoms with Crippen molar-refractivity contribution in [2.75, 3.05) is 0 Å². The van der Waals surface area contributed by atoms with E-state index < -0.39 is 0 Å². The van der Waals surface area contributed by atoms with Gasteiger partial charge in [0.05, 0.1) is 4.83 Å². The first-order chi connectivity index (χ1) is 10.4. The standard InChI is InChI=1S/C20H19BrO/c1-13-8-10-14(11-9-13)18(21)16-12-20(2,3)17-7-5-4-6-15(17)19(16)22/h4-12,18H,1-3H3. The maximum Gasteiger partial charge on any atom is 0.190 e. The van der Waals surface area contributed by atoms with E-state index in [0.29, 0.717) is 0 Å². The zero-order valence-corrected chi connectivity index (χ0v) is 14.6. The highest BCUT2D eigenvalue weighted by atomic mass is 79.9. The van der Waals surface area contributed by atoms with E-state index in [1.54, 1.807) is 0 Å². The molecule has 2 aromatic carbocycles. The van der Waals surface area contributed by atoms with Gasteiger partial charge in [-0.1, -0.05) is 89.9 Å². The zero-order valence-electron chi connectivity index (χ0n) is 13.1. The van der Waals surface area contributed by atoms with Crippen molar-refractivity contribution in [3.8, 4) is 0 Å². The van der Waals surface area contributed by atoms with Crippen LogP contribution < -0.4 is 0 Å². The van der Waals surface area contributed by atoms with Gasteiger partial charge in [-0.2, -0.15) is 0 Å². The number of aryl methyl sites for hydroxylation is 1. The van der Waals surface area contributed by atoms with Crippen LogP contribution in [0.5, 0.6) is 0 Å². The van der Waals surface area contributed by atoms with Gasteiger partial charge in [0.15, 0.2) is 5.78 Å². The molecule has 0 saturated heterocycles. The third-order valence-electron chi connectivity index (χ3n) is 4.29. The third-order valence-corrected chi connectivity index (χ3v) is 5.31. The molecule has 1 unspecified atom stereocenters. The van der Waals surface area contributed by atoms with E-state index in [9.17, 15) is 4.79 Å². The largest absolute Gasteiger partial charge is 0.289 e. The molecular weight excluding hydrogens is 336 g/mol. The summed E-state index contributed by atoms with van der Waals surface area (Å²) in [6.07, 6.45) is 2.11. The monoisotopic (exact) mass is 354 g/mol. The number of carbonyl (C=O) groups excluding carboxylic acids is 1. The molecule has 0 N–H and O–H groups in total. The predicted octanol–water partition coefficient (Wildman–Crippen LogP) is 5.53. The number of ketones is 1. The molecule has 0 radical (unpaired) electrons. The number of halogens is 1. The molecule has 2 aromatic rings. The molecule has 22 heavy (non-hydrogen) atoms. The fraction of sp³-hybridized carbons (Fsp3) is 0.250. The van der Waals surface area contributed by atoms with E-state index in [1.807, 2.05) is 18.2 Å². The number of hydrogen-bond donors (Lipinski definition) is 0. The molecular formula is C20H19BrO. The summed E-state index contributed by atoms with van der Waals surface area (Å²) in [5, 5.41) is 0. The third kappa shape index (κ3) is 2.56. The summed E-state index contributed by atoms with van der Waals surface area (Å²) in [4.78, 5) is 12.8. The SMILES string of the molecule is Cc1ccc(C(Br)C2=CC(C)(C)c3ccccc3C2=O)cc1. The van der Waals surface area contributed by atoms with Crippen molar-refractivity contribution in [2.24, 2.45) is 0 Å². The summed E-state index contributed by atoms with van der Waals surface area (Å²) in [5.74, 6) is 0.123. The molecule has 2 heteroatoms. The van der Waals surface area contributed by atoms with Crippen LogP contribution in [0.1, 0.15) is 45.7 Å². The number of alkyl halides is 1. The first kappa shape index (κ1) is 15.2. The predicted molar refractivity (Wildman–Crippen MR) is 94.7 cm³/mol. The molecule has 0 heterocycles. The highest BCUT2D eigenvalue weighted by molar-refractivity contribution is 9.09. The summed E-state index contributed by atoms with van der Waals surface area (Å²) in [6.45, 7) is 6.39. The number of allylic oxidation sites excluding steroid dienone is 2. The molecule has 0 amide bonds. The highest BCUT2D eigenvalue weighted by Gasteiger charge is 2.34. The summed E-state index contributed by atoms with van der Waals surface area (Å²) in [5.41, 5.74) is 4.94. The van der Waals surface area contributed by atoms with E-state index in [1.165, 1.54) is 5.56 Å². The summed E-state index contributed by atoms with van der Waals surface area (Å²) in [6, 6.07) is 16.2. The van der Waals surface area contributed by atoms with Gasteiger partial charge >= 0.3 is 0 Å². The van der Waals surface area contributed by atoms with Crippen LogP contribution in [0.2, 0.25) is 0 Å². The van der Waals surface area contributed by atoms with Crippen molar-refractivity contribution in [2.45, 2.75) is 31.0 Å². The van der Waals surface area contributed by atoms with Gasteiger partial charge in [0, 0.05) is 16.6 Å². The lowest BCUT2D eigenvalue weighted by Gasteiger charge is -2.31. The van der Waals surface area contributed by atoms with E-state index in [2.05, 4.69) is 73.1 Å². The Kier molecular flexibility index (Phi) is 3.82. The summed E-state index contributed by atoms with van der Waals surface area (Å²) in [7, 11) is 0. The number of carbonyl (C=O) groups is 1. The summed E-state index contributed by atoms with van der Waals surface area (Å²) >= 11 is 3.73. The molecule has 0 bridgehead atoms. The number of hydrogen-bond acceptors (Lipinski definition) is 1. The first-order valence-electron chi connectivity index (χ1n) is 7.48. The minimum atomic E-state index is -0.142. The average molecular weight is 355 g/mol. The number of benzene rings is 2. The van der Waals surface area contributed by atoms with Gasteiger partial charge in [-0.3, -0.25) is 4.79 Å². The Bertz CT molecular complexity index is 754. The van der Waals surface area contributed by atoms with Crippen LogP contribution in [0.25, 0.3) is 0 Å². The van der Waals surface area contributed by atoms with E-state index in [-0.39, 0.29) is 16.0 Å². The Hall–Kier alpha value is -1.67. The number of Topliss-reactive ketones (excluding diaryl/α,β-unsaturated/α-hetero) is 1. The van der Waals surface area contributed by atoms with Gasteiger partial charge in [0.2, 0.25) is 0 Å². The fourth-order valence-electron chi connectivity index (χ4n) is 3.03. The molecule has 0 spiro atoms. The van der Waals surface area contributed by atoms with Crippen LogP contribution in [0, 0.1) is 6.92 Å².